The van der Waals surface area contributed by atoms with Crippen LogP contribution in [0.3, 0.4) is 0 Å². The van der Waals surface area contributed by atoms with Gasteiger partial charge in [0.1, 0.15) is 5.75 Å². The zero-order valence-electron chi connectivity index (χ0n) is 16.0. The van der Waals surface area contributed by atoms with E-state index < -0.39 is 6.04 Å². The van der Waals surface area contributed by atoms with Gasteiger partial charge in [0.15, 0.2) is 0 Å². The Balaban J connectivity index is 1.52. The van der Waals surface area contributed by atoms with Crippen molar-refractivity contribution in [2.24, 2.45) is 0 Å². The summed E-state index contributed by atoms with van der Waals surface area (Å²) in [6, 6.07) is 15.0. The molecule has 4 rings (SSSR count). The van der Waals surface area contributed by atoms with Crippen LogP contribution in [-0.4, -0.2) is 37.0 Å². The van der Waals surface area contributed by atoms with Gasteiger partial charge >= 0.3 is 6.03 Å². The number of nitrogens with one attached hydrogen (secondary N) is 2. The van der Waals surface area contributed by atoms with Gasteiger partial charge in [-0.2, -0.15) is 0 Å². The minimum atomic E-state index is -0.413. The standard InChI is InChI=1S/C22H23N3O3/c1-14-5-3-4-6-17(14)20-19-18(23-22(27)24-20)13-25(21(19)26)12-11-15-7-9-16(28-2)10-8-15/h3-10,20H,11-13H2,1-2H3,(H2,23,24,27). The highest BCUT2D eigenvalue weighted by Crippen LogP contribution is 2.33. The van der Waals surface area contributed by atoms with Crippen molar-refractivity contribution >= 4 is 11.9 Å². The van der Waals surface area contributed by atoms with Crippen LogP contribution in [0, 0.1) is 6.92 Å². The second-order valence-electron chi connectivity index (χ2n) is 7.11. The van der Waals surface area contributed by atoms with Crippen molar-refractivity contribution in [2.45, 2.75) is 19.4 Å². The van der Waals surface area contributed by atoms with Gasteiger partial charge in [0, 0.05) is 6.54 Å². The second kappa shape index (κ2) is 7.38. The minimum Gasteiger partial charge on any atom is -0.497 e. The van der Waals surface area contributed by atoms with E-state index in [1.54, 1.807) is 12.0 Å². The van der Waals surface area contributed by atoms with Gasteiger partial charge in [0.2, 0.25) is 0 Å². The number of urea groups is 1. The molecule has 0 saturated carbocycles. The number of carbonyl (C=O) groups excluding carboxylic acids is 2. The van der Waals surface area contributed by atoms with Crippen LogP contribution in [0.5, 0.6) is 5.75 Å². The minimum absolute atomic E-state index is 0.0238. The highest BCUT2D eigenvalue weighted by Gasteiger charge is 2.40. The monoisotopic (exact) mass is 377 g/mol. The summed E-state index contributed by atoms with van der Waals surface area (Å²) in [6.45, 7) is 3.01. The van der Waals surface area contributed by atoms with E-state index in [2.05, 4.69) is 10.6 Å². The number of ether oxygens (including phenoxy) is 1. The van der Waals surface area contributed by atoms with Gasteiger partial charge in [-0.05, 0) is 42.2 Å². The van der Waals surface area contributed by atoms with Gasteiger partial charge in [0.05, 0.1) is 31.0 Å². The predicted octanol–water partition coefficient (Wildman–Crippen LogP) is 2.70. The number of nitrogens with zero attached hydrogens (tertiary/aromatic N) is 1. The molecule has 0 radical (unpaired) electrons. The number of amides is 3. The first-order chi connectivity index (χ1) is 13.6. The second-order valence-corrected chi connectivity index (χ2v) is 7.11. The summed E-state index contributed by atoms with van der Waals surface area (Å²) in [5, 5.41) is 5.73. The van der Waals surface area contributed by atoms with Crippen molar-refractivity contribution in [3.05, 3.63) is 76.5 Å². The SMILES string of the molecule is COc1ccc(CCN2CC3=C(C2=O)C(c2ccccc2C)NC(=O)N3)cc1. The molecule has 2 aliphatic heterocycles. The van der Waals surface area contributed by atoms with Crippen molar-refractivity contribution in [1.29, 1.82) is 0 Å². The van der Waals surface area contributed by atoms with Crippen LogP contribution < -0.4 is 15.4 Å². The Hall–Kier alpha value is -3.28. The maximum absolute atomic E-state index is 13.1. The van der Waals surface area contributed by atoms with E-state index >= 15 is 0 Å². The number of rotatable bonds is 5. The third kappa shape index (κ3) is 3.33. The lowest BCUT2D eigenvalue weighted by atomic mass is 9.93. The molecule has 2 aliphatic rings. The molecule has 0 aliphatic carbocycles. The van der Waals surface area contributed by atoms with Crippen LogP contribution in [-0.2, 0) is 11.2 Å². The molecule has 0 bridgehead atoms. The van der Waals surface area contributed by atoms with Crippen LogP contribution in [0.1, 0.15) is 22.7 Å². The Morgan fingerprint density at radius 1 is 1.11 bits per heavy atom. The maximum atomic E-state index is 13.1. The van der Waals surface area contributed by atoms with Crippen LogP contribution in [0.2, 0.25) is 0 Å². The third-order valence-corrected chi connectivity index (χ3v) is 5.35. The molecule has 1 atom stereocenters. The number of benzene rings is 2. The molecule has 3 amide bonds. The van der Waals surface area contributed by atoms with E-state index in [9.17, 15) is 9.59 Å². The zero-order chi connectivity index (χ0) is 19.7. The Labute approximate surface area is 164 Å². The number of hydrogen-bond acceptors (Lipinski definition) is 3. The highest BCUT2D eigenvalue weighted by molar-refractivity contribution is 6.01. The average Bonchev–Trinajstić information content (AvgIpc) is 3.02. The molecule has 1 unspecified atom stereocenters. The summed E-state index contributed by atoms with van der Waals surface area (Å²) >= 11 is 0. The van der Waals surface area contributed by atoms with E-state index in [0.29, 0.717) is 24.4 Å². The molecule has 0 aromatic heterocycles. The molecular weight excluding hydrogens is 354 g/mol. The summed E-state index contributed by atoms with van der Waals surface area (Å²) in [5.41, 5.74) is 4.48. The van der Waals surface area contributed by atoms with Gasteiger partial charge < -0.3 is 20.3 Å². The lowest BCUT2D eigenvalue weighted by molar-refractivity contribution is -0.125. The first kappa shape index (κ1) is 18.1. The Morgan fingerprint density at radius 3 is 2.57 bits per heavy atom. The van der Waals surface area contributed by atoms with Gasteiger partial charge in [0.25, 0.3) is 5.91 Å². The largest absolute Gasteiger partial charge is 0.497 e. The van der Waals surface area contributed by atoms with E-state index in [0.717, 1.165) is 28.9 Å². The quantitative estimate of drug-likeness (QED) is 0.842. The lowest BCUT2D eigenvalue weighted by Crippen LogP contribution is -2.44. The Bertz CT molecular complexity index is 950. The van der Waals surface area contributed by atoms with Crippen molar-refractivity contribution in [1.82, 2.24) is 15.5 Å². The average molecular weight is 377 g/mol. The summed E-state index contributed by atoms with van der Waals surface area (Å²) in [4.78, 5) is 27.1. The zero-order valence-corrected chi connectivity index (χ0v) is 16.0. The molecule has 2 heterocycles. The molecule has 2 aromatic rings. The van der Waals surface area contributed by atoms with Crippen LogP contribution in [0.25, 0.3) is 0 Å². The maximum Gasteiger partial charge on any atom is 0.319 e. The van der Waals surface area contributed by atoms with Crippen molar-refractivity contribution in [3.63, 3.8) is 0 Å². The molecule has 2 N–H and O–H groups in total. The van der Waals surface area contributed by atoms with Crippen LogP contribution in [0.4, 0.5) is 4.79 Å². The third-order valence-electron chi connectivity index (χ3n) is 5.35. The smallest absolute Gasteiger partial charge is 0.319 e. The summed E-state index contributed by atoms with van der Waals surface area (Å²) in [5.74, 6) is 0.789. The van der Waals surface area contributed by atoms with Crippen molar-refractivity contribution in [2.75, 3.05) is 20.2 Å². The lowest BCUT2D eigenvalue weighted by Gasteiger charge is -2.26. The fourth-order valence-corrected chi connectivity index (χ4v) is 3.81. The van der Waals surface area contributed by atoms with E-state index in [-0.39, 0.29) is 11.9 Å². The number of methoxy groups -OCH3 is 1. The topological polar surface area (TPSA) is 70.7 Å². The van der Waals surface area contributed by atoms with Crippen LogP contribution >= 0.6 is 0 Å². The Morgan fingerprint density at radius 2 is 1.86 bits per heavy atom. The van der Waals surface area contributed by atoms with E-state index in [1.165, 1.54) is 0 Å². The molecule has 6 heteroatoms. The first-order valence-corrected chi connectivity index (χ1v) is 9.35. The molecule has 0 fully saturated rings. The Kier molecular flexibility index (Phi) is 4.77. The number of carbonyl (C=O) groups is 2. The molecule has 28 heavy (non-hydrogen) atoms. The molecule has 2 aromatic carbocycles. The van der Waals surface area contributed by atoms with Gasteiger partial charge in [-0.3, -0.25) is 4.79 Å². The van der Waals surface area contributed by atoms with Gasteiger partial charge in [-0.15, -0.1) is 0 Å². The van der Waals surface area contributed by atoms with Crippen molar-refractivity contribution < 1.29 is 14.3 Å². The van der Waals surface area contributed by atoms with Gasteiger partial charge in [-0.25, -0.2) is 4.79 Å². The summed E-state index contributed by atoms with van der Waals surface area (Å²) in [6.07, 6.45) is 0.743. The highest BCUT2D eigenvalue weighted by atomic mass is 16.5. The van der Waals surface area contributed by atoms with E-state index in [4.69, 9.17) is 4.74 Å². The number of hydrogen-bond donors (Lipinski definition) is 2. The fourth-order valence-electron chi connectivity index (χ4n) is 3.81. The van der Waals surface area contributed by atoms with Crippen LogP contribution in [0.15, 0.2) is 59.8 Å². The predicted molar refractivity (Wildman–Crippen MR) is 106 cm³/mol. The van der Waals surface area contributed by atoms with Crippen molar-refractivity contribution in [3.8, 4) is 5.75 Å². The first-order valence-electron chi connectivity index (χ1n) is 9.35. The normalized spacial score (nSPS) is 18.6. The summed E-state index contributed by atoms with van der Waals surface area (Å²) < 4.78 is 5.18. The van der Waals surface area contributed by atoms with Gasteiger partial charge in [-0.1, -0.05) is 36.4 Å². The molecule has 144 valence electrons. The fraction of sp³-hybridized carbons (Fsp3) is 0.273. The molecule has 0 saturated heterocycles. The molecule has 6 nitrogen and oxygen atoms in total. The number of aryl methyl sites for hydroxylation is 1. The van der Waals surface area contributed by atoms with E-state index in [1.807, 2.05) is 55.5 Å². The molecule has 0 spiro atoms. The summed E-state index contributed by atoms with van der Waals surface area (Å²) in [7, 11) is 1.64. The molecular formula is C22H23N3O3.